The number of likely N-dealkylation sites (tertiary alicyclic amines) is 1. The largest absolute Gasteiger partial charge is 0.480 e. The molecule has 0 spiro atoms. The van der Waals surface area contributed by atoms with Crippen LogP contribution < -0.4 is 0 Å². The highest BCUT2D eigenvalue weighted by Crippen LogP contribution is 2.40. The number of aliphatic carboxylic acids is 1. The van der Waals surface area contributed by atoms with Crippen molar-refractivity contribution in [2.24, 2.45) is 5.92 Å². The van der Waals surface area contributed by atoms with E-state index < -0.39 is 12.0 Å². The third-order valence-corrected chi connectivity index (χ3v) is 5.76. The van der Waals surface area contributed by atoms with Crippen LogP contribution in [0.15, 0.2) is 0 Å². The van der Waals surface area contributed by atoms with Crippen LogP contribution in [0.4, 0.5) is 0 Å². The smallest absolute Gasteiger partial charge is 0.326 e. The summed E-state index contributed by atoms with van der Waals surface area (Å²) in [5.41, 5.74) is 0. The first-order valence-corrected chi connectivity index (χ1v) is 8.63. The number of hydrogen-bond acceptors (Lipinski definition) is 4. The molecular weight excluding hydrogens is 292 g/mol. The predicted molar refractivity (Wildman–Crippen MR) is 77.7 cm³/mol. The highest BCUT2D eigenvalue weighted by molar-refractivity contribution is 8.00. The van der Waals surface area contributed by atoms with Gasteiger partial charge in [-0.3, -0.25) is 9.59 Å². The lowest BCUT2D eigenvalue weighted by molar-refractivity contribution is -0.151. The number of fused-ring (bicyclic) bond motifs is 1. The van der Waals surface area contributed by atoms with E-state index >= 15 is 0 Å². The zero-order valence-electron chi connectivity index (χ0n) is 11.9. The molecule has 2 aliphatic heterocycles. The van der Waals surface area contributed by atoms with Crippen molar-refractivity contribution in [2.75, 3.05) is 18.2 Å². The van der Waals surface area contributed by atoms with E-state index in [0.717, 1.165) is 25.7 Å². The van der Waals surface area contributed by atoms with Crippen molar-refractivity contribution in [1.29, 1.82) is 0 Å². The lowest BCUT2D eigenvalue weighted by atomic mass is 9.85. The third-order valence-electron chi connectivity index (χ3n) is 4.81. The van der Waals surface area contributed by atoms with Crippen molar-refractivity contribution >= 4 is 29.5 Å². The molecular formula is C14H20N2O4S. The van der Waals surface area contributed by atoms with Crippen LogP contribution in [0.3, 0.4) is 0 Å². The molecule has 6 nitrogen and oxygen atoms in total. The summed E-state index contributed by atoms with van der Waals surface area (Å²) in [7, 11) is 0. The zero-order chi connectivity index (χ0) is 15.0. The molecule has 3 aliphatic rings. The van der Waals surface area contributed by atoms with Gasteiger partial charge < -0.3 is 14.9 Å². The second-order valence-electron chi connectivity index (χ2n) is 6.07. The van der Waals surface area contributed by atoms with E-state index in [-0.39, 0.29) is 24.4 Å². The highest BCUT2D eigenvalue weighted by atomic mass is 32.2. The molecule has 0 aromatic rings. The maximum Gasteiger partial charge on any atom is 0.326 e. The number of carbonyl (C=O) groups excluding carboxylic acids is 2. The first-order chi connectivity index (χ1) is 10.1. The topological polar surface area (TPSA) is 77.9 Å². The predicted octanol–water partition coefficient (Wildman–Crippen LogP) is 0.764. The quantitative estimate of drug-likeness (QED) is 0.832. The Bertz CT molecular complexity index is 470. The van der Waals surface area contributed by atoms with Gasteiger partial charge in [-0.05, 0) is 25.2 Å². The Balaban J connectivity index is 1.74. The fourth-order valence-corrected chi connectivity index (χ4v) is 4.73. The van der Waals surface area contributed by atoms with E-state index in [9.17, 15) is 19.5 Å². The summed E-state index contributed by atoms with van der Waals surface area (Å²) in [4.78, 5) is 38.8. The molecule has 0 bridgehead atoms. The summed E-state index contributed by atoms with van der Waals surface area (Å²) >= 11 is 1.49. The van der Waals surface area contributed by atoms with Crippen LogP contribution >= 0.6 is 11.8 Å². The Kier molecular flexibility index (Phi) is 4.10. The molecule has 2 amide bonds. The average Bonchev–Trinajstić information content (AvgIpc) is 3.03. The molecule has 7 heteroatoms. The van der Waals surface area contributed by atoms with Crippen molar-refractivity contribution in [3.8, 4) is 0 Å². The average molecular weight is 312 g/mol. The maximum absolute atomic E-state index is 12.6. The van der Waals surface area contributed by atoms with Gasteiger partial charge in [-0.1, -0.05) is 12.8 Å². The van der Waals surface area contributed by atoms with Crippen molar-refractivity contribution in [2.45, 2.75) is 44.2 Å². The number of thioether (sulfide) groups is 1. The van der Waals surface area contributed by atoms with E-state index in [2.05, 4.69) is 0 Å². The Morgan fingerprint density at radius 3 is 2.71 bits per heavy atom. The second-order valence-corrected chi connectivity index (χ2v) is 7.03. The number of rotatable bonds is 3. The lowest BCUT2D eigenvalue weighted by Crippen LogP contribution is -2.50. The van der Waals surface area contributed by atoms with Gasteiger partial charge in [0.2, 0.25) is 11.8 Å². The molecule has 1 aliphatic carbocycles. The van der Waals surface area contributed by atoms with Gasteiger partial charge in [0.25, 0.3) is 0 Å². The molecule has 2 saturated heterocycles. The van der Waals surface area contributed by atoms with Crippen LogP contribution in [0.2, 0.25) is 0 Å². The van der Waals surface area contributed by atoms with E-state index in [0.29, 0.717) is 24.0 Å². The van der Waals surface area contributed by atoms with Crippen LogP contribution in [0.5, 0.6) is 0 Å². The summed E-state index contributed by atoms with van der Waals surface area (Å²) in [6, 6.07) is -0.659. The Morgan fingerprint density at radius 1 is 1.29 bits per heavy atom. The molecule has 1 saturated carbocycles. The normalized spacial score (nSPS) is 32.4. The molecule has 21 heavy (non-hydrogen) atoms. The first-order valence-electron chi connectivity index (χ1n) is 7.47. The molecule has 0 aromatic carbocycles. The summed E-state index contributed by atoms with van der Waals surface area (Å²) in [6.07, 6.45) is 4.64. The van der Waals surface area contributed by atoms with Crippen LogP contribution in [0.25, 0.3) is 0 Å². The minimum Gasteiger partial charge on any atom is -0.480 e. The van der Waals surface area contributed by atoms with Crippen LogP contribution in [0, 0.1) is 5.92 Å². The van der Waals surface area contributed by atoms with Gasteiger partial charge in [-0.2, -0.15) is 0 Å². The number of nitrogens with zero attached hydrogens (tertiary/aromatic N) is 2. The lowest BCUT2D eigenvalue weighted by Gasteiger charge is -2.33. The molecule has 3 atom stereocenters. The van der Waals surface area contributed by atoms with Gasteiger partial charge >= 0.3 is 5.97 Å². The molecule has 3 rings (SSSR count). The molecule has 3 fully saturated rings. The Hall–Kier alpha value is -1.24. The monoisotopic (exact) mass is 312 g/mol. The summed E-state index contributed by atoms with van der Waals surface area (Å²) in [5.74, 6) is 0.117. The number of carboxylic acids is 1. The van der Waals surface area contributed by atoms with Gasteiger partial charge in [0.15, 0.2) is 0 Å². The number of hydrogen-bond donors (Lipinski definition) is 1. The fourth-order valence-electron chi connectivity index (χ4n) is 3.82. The fraction of sp³-hybridized carbons (Fsp3) is 0.786. The van der Waals surface area contributed by atoms with Crippen molar-refractivity contribution in [3.63, 3.8) is 0 Å². The van der Waals surface area contributed by atoms with Crippen molar-refractivity contribution in [3.05, 3.63) is 0 Å². The van der Waals surface area contributed by atoms with Crippen LogP contribution in [-0.4, -0.2) is 62.9 Å². The number of carbonyl (C=O) groups is 3. The Morgan fingerprint density at radius 2 is 2.05 bits per heavy atom. The van der Waals surface area contributed by atoms with Gasteiger partial charge in [-0.15, -0.1) is 11.8 Å². The minimum atomic E-state index is -0.917. The first kappa shape index (κ1) is 14.7. The van der Waals surface area contributed by atoms with Gasteiger partial charge in [0.1, 0.15) is 12.6 Å². The van der Waals surface area contributed by atoms with E-state index in [4.69, 9.17) is 0 Å². The van der Waals surface area contributed by atoms with E-state index in [1.807, 2.05) is 0 Å². The molecule has 116 valence electrons. The number of carboxylic acid groups (broad SMARTS) is 1. The molecule has 2 heterocycles. The van der Waals surface area contributed by atoms with E-state index in [1.165, 1.54) is 16.7 Å². The second kappa shape index (κ2) is 5.87. The zero-order valence-corrected chi connectivity index (χ0v) is 12.7. The number of amides is 2. The Labute approximate surface area is 127 Å². The van der Waals surface area contributed by atoms with E-state index in [1.54, 1.807) is 4.90 Å². The van der Waals surface area contributed by atoms with Crippen molar-refractivity contribution < 1.29 is 19.5 Å². The van der Waals surface area contributed by atoms with Gasteiger partial charge in [-0.25, -0.2) is 4.79 Å². The highest BCUT2D eigenvalue weighted by Gasteiger charge is 2.47. The van der Waals surface area contributed by atoms with Crippen LogP contribution in [-0.2, 0) is 14.4 Å². The summed E-state index contributed by atoms with van der Waals surface area (Å²) in [6.45, 7) is 0.0266. The SMILES string of the molecule is O=C(O)[C@@H]1C[C@H]2CCCC[C@H]2N1C(=O)CN1CSCC1=O. The molecule has 1 N–H and O–H groups in total. The minimum absolute atomic E-state index is 0.0266. The molecule has 0 aromatic heterocycles. The maximum atomic E-state index is 12.6. The molecule has 0 radical (unpaired) electrons. The summed E-state index contributed by atoms with van der Waals surface area (Å²) in [5, 5.41) is 9.41. The summed E-state index contributed by atoms with van der Waals surface area (Å²) < 4.78 is 0. The van der Waals surface area contributed by atoms with Crippen LogP contribution in [0.1, 0.15) is 32.1 Å². The van der Waals surface area contributed by atoms with Crippen molar-refractivity contribution in [1.82, 2.24) is 9.80 Å². The third kappa shape index (κ3) is 2.75. The standard InChI is InChI=1S/C14H20N2O4S/c17-12(6-15-8-21-7-13(15)18)16-10-4-2-1-3-9(10)5-11(16)14(19)20/h9-11H,1-8H2,(H,19,20)/t9-,10-,11+/m1/s1. The molecule has 0 unspecified atom stereocenters. The van der Waals surface area contributed by atoms with Gasteiger partial charge in [0.05, 0.1) is 11.6 Å². The van der Waals surface area contributed by atoms with Gasteiger partial charge in [0, 0.05) is 6.04 Å².